The number of hydrogen-bond donors (Lipinski definition) is 1. The van der Waals surface area contributed by atoms with E-state index in [-0.39, 0.29) is 6.54 Å². The van der Waals surface area contributed by atoms with Gasteiger partial charge in [-0.25, -0.2) is 18.2 Å². The molecule has 0 aliphatic rings. The Kier molecular flexibility index (Phi) is 4.09. The van der Waals surface area contributed by atoms with E-state index in [1.807, 2.05) is 9.55 Å². The zero-order valence-corrected chi connectivity index (χ0v) is 11.8. The number of imidazole rings is 1. The van der Waals surface area contributed by atoms with E-state index >= 15 is 0 Å². The van der Waals surface area contributed by atoms with Crippen molar-refractivity contribution in [1.82, 2.24) is 19.1 Å². The molecule has 0 saturated carbocycles. The smallest absolute Gasteiger partial charge is 0.328 e. The van der Waals surface area contributed by atoms with Gasteiger partial charge in [-0.3, -0.25) is 14.3 Å². The van der Waals surface area contributed by atoms with Gasteiger partial charge in [-0.1, -0.05) is 0 Å². The summed E-state index contributed by atoms with van der Waals surface area (Å²) >= 11 is 0. The highest BCUT2D eigenvalue weighted by Crippen LogP contribution is 2.07. The molecule has 0 aliphatic carbocycles. The lowest BCUT2D eigenvalue weighted by atomic mass is 10.4. The fraction of sp³-hybridized carbons (Fsp3) is 0.300. The van der Waals surface area contributed by atoms with Crippen molar-refractivity contribution in [3.05, 3.63) is 45.8 Å². The third kappa shape index (κ3) is 3.36. The highest BCUT2D eigenvalue weighted by molar-refractivity contribution is 8.13. The largest absolute Gasteiger partial charge is 0.337 e. The minimum Gasteiger partial charge on any atom is -0.337 e. The Bertz CT molecular complexity index is 807. The molecule has 20 heavy (non-hydrogen) atoms. The Labute approximate surface area is 118 Å². The molecule has 2 rings (SSSR count). The Morgan fingerprint density at radius 1 is 1.30 bits per heavy atom. The number of H-pyrrole nitrogens is 1. The SMILES string of the molecule is O=c1[nH]c(=O)n(CCCn2ccnc2)cc1S(=O)(=O)Cl. The lowest BCUT2D eigenvalue weighted by Crippen LogP contribution is -2.32. The lowest BCUT2D eigenvalue weighted by molar-refractivity contribution is 0.536. The zero-order chi connectivity index (χ0) is 14.8. The number of nitrogens with zero attached hydrogens (tertiary/aromatic N) is 3. The van der Waals surface area contributed by atoms with Crippen LogP contribution in [0.5, 0.6) is 0 Å². The first-order chi connectivity index (χ1) is 9.38. The summed E-state index contributed by atoms with van der Waals surface area (Å²) in [5.74, 6) is 0. The summed E-state index contributed by atoms with van der Waals surface area (Å²) in [4.78, 5) is 28.1. The van der Waals surface area contributed by atoms with Crippen molar-refractivity contribution in [2.45, 2.75) is 24.4 Å². The summed E-state index contributed by atoms with van der Waals surface area (Å²) in [5.41, 5.74) is -1.69. The van der Waals surface area contributed by atoms with Crippen molar-refractivity contribution in [2.75, 3.05) is 0 Å². The first-order valence-electron chi connectivity index (χ1n) is 5.62. The fourth-order valence-electron chi connectivity index (χ4n) is 1.67. The lowest BCUT2D eigenvalue weighted by Gasteiger charge is -2.06. The summed E-state index contributed by atoms with van der Waals surface area (Å²) in [7, 11) is 0.940. The van der Waals surface area contributed by atoms with Gasteiger partial charge in [0.1, 0.15) is 0 Å². The van der Waals surface area contributed by atoms with Gasteiger partial charge in [0.25, 0.3) is 14.6 Å². The molecule has 0 unspecified atom stereocenters. The van der Waals surface area contributed by atoms with Crippen LogP contribution >= 0.6 is 10.7 Å². The number of aromatic nitrogens is 4. The highest BCUT2D eigenvalue weighted by Gasteiger charge is 2.17. The van der Waals surface area contributed by atoms with Crippen molar-refractivity contribution in [3.63, 3.8) is 0 Å². The van der Waals surface area contributed by atoms with Crippen LogP contribution in [-0.4, -0.2) is 27.5 Å². The van der Waals surface area contributed by atoms with Crippen LogP contribution < -0.4 is 11.2 Å². The zero-order valence-electron chi connectivity index (χ0n) is 10.2. The topological polar surface area (TPSA) is 107 Å². The molecule has 8 nitrogen and oxygen atoms in total. The molecular weight excluding hydrogens is 308 g/mol. The number of rotatable bonds is 5. The molecule has 10 heteroatoms. The molecule has 0 saturated heterocycles. The Morgan fingerprint density at radius 3 is 2.65 bits per heavy atom. The minimum atomic E-state index is -4.19. The van der Waals surface area contributed by atoms with Gasteiger partial charge in [0, 0.05) is 42.4 Å². The van der Waals surface area contributed by atoms with Crippen molar-refractivity contribution in [2.24, 2.45) is 0 Å². The van der Waals surface area contributed by atoms with E-state index < -0.39 is 25.2 Å². The maximum atomic E-state index is 11.6. The molecule has 2 heterocycles. The van der Waals surface area contributed by atoms with E-state index in [2.05, 4.69) is 4.98 Å². The van der Waals surface area contributed by atoms with E-state index in [0.29, 0.717) is 13.0 Å². The Balaban J connectivity index is 2.20. The molecule has 2 aromatic rings. The van der Waals surface area contributed by atoms with E-state index in [4.69, 9.17) is 10.7 Å². The van der Waals surface area contributed by atoms with Crippen molar-refractivity contribution in [3.8, 4) is 0 Å². The van der Waals surface area contributed by atoms with Crippen LogP contribution in [0.2, 0.25) is 0 Å². The first kappa shape index (κ1) is 14.5. The van der Waals surface area contributed by atoms with Gasteiger partial charge in [0.15, 0.2) is 4.90 Å². The Hall–Kier alpha value is -1.87. The van der Waals surface area contributed by atoms with E-state index in [0.717, 1.165) is 10.8 Å². The van der Waals surface area contributed by atoms with Gasteiger partial charge >= 0.3 is 5.69 Å². The molecule has 0 atom stereocenters. The number of nitrogens with one attached hydrogen (secondary N) is 1. The predicted octanol–water partition coefficient (Wildman–Crippen LogP) is -0.249. The maximum absolute atomic E-state index is 11.6. The monoisotopic (exact) mass is 318 g/mol. The second-order valence-electron chi connectivity index (χ2n) is 4.04. The highest BCUT2D eigenvalue weighted by atomic mass is 35.7. The molecule has 0 aromatic carbocycles. The summed E-state index contributed by atoms with van der Waals surface area (Å²) in [6.07, 6.45) is 6.54. The quantitative estimate of drug-likeness (QED) is 0.765. The number of hydrogen-bond acceptors (Lipinski definition) is 5. The third-order valence-electron chi connectivity index (χ3n) is 2.62. The molecule has 108 valence electrons. The van der Waals surface area contributed by atoms with Gasteiger partial charge in [0.05, 0.1) is 6.33 Å². The molecule has 0 amide bonds. The van der Waals surface area contributed by atoms with Crippen LogP contribution in [0, 0.1) is 0 Å². The van der Waals surface area contributed by atoms with Gasteiger partial charge in [0.2, 0.25) is 0 Å². The molecule has 0 spiro atoms. The predicted molar refractivity (Wildman–Crippen MR) is 71.2 cm³/mol. The normalized spacial score (nSPS) is 11.7. The molecule has 0 bridgehead atoms. The van der Waals surface area contributed by atoms with Crippen LogP contribution in [0.25, 0.3) is 0 Å². The van der Waals surface area contributed by atoms with Gasteiger partial charge < -0.3 is 4.57 Å². The number of halogens is 1. The summed E-state index contributed by atoms with van der Waals surface area (Å²) in [5, 5.41) is 0. The Morgan fingerprint density at radius 2 is 2.05 bits per heavy atom. The van der Waals surface area contributed by atoms with E-state index in [9.17, 15) is 18.0 Å². The third-order valence-corrected chi connectivity index (χ3v) is 3.93. The summed E-state index contributed by atoms with van der Waals surface area (Å²) < 4.78 is 25.3. The molecule has 2 aromatic heterocycles. The molecule has 1 N–H and O–H groups in total. The van der Waals surface area contributed by atoms with Crippen LogP contribution in [0.3, 0.4) is 0 Å². The van der Waals surface area contributed by atoms with Crippen LogP contribution in [0.15, 0.2) is 39.4 Å². The van der Waals surface area contributed by atoms with Crippen molar-refractivity contribution in [1.29, 1.82) is 0 Å². The fourth-order valence-corrected chi connectivity index (χ4v) is 2.53. The number of aryl methyl sites for hydroxylation is 2. The minimum absolute atomic E-state index is 0.243. The van der Waals surface area contributed by atoms with Crippen LogP contribution in [-0.2, 0) is 22.1 Å². The maximum Gasteiger partial charge on any atom is 0.328 e. The number of aromatic amines is 1. The average Bonchev–Trinajstić information content (AvgIpc) is 2.83. The average molecular weight is 319 g/mol. The van der Waals surface area contributed by atoms with E-state index in [1.54, 1.807) is 18.7 Å². The second-order valence-corrected chi connectivity index (χ2v) is 6.57. The summed E-state index contributed by atoms with van der Waals surface area (Å²) in [6.45, 7) is 0.849. The standard InChI is InChI=1S/C10H11ClN4O4S/c11-20(18,19)8-6-15(10(17)13-9(8)16)4-1-3-14-5-2-12-7-14/h2,5-7H,1,3-4H2,(H,13,16,17). The molecule has 0 fully saturated rings. The van der Waals surface area contributed by atoms with Crippen molar-refractivity contribution < 1.29 is 8.42 Å². The van der Waals surface area contributed by atoms with E-state index in [1.165, 1.54) is 0 Å². The van der Waals surface area contributed by atoms with Gasteiger partial charge in [-0.15, -0.1) is 0 Å². The summed E-state index contributed by atoms with van der Waals surface area (Å²) in [6, 6.07) is 0. The second kappa shape index (κ2) is 5.63. The molecule has 0 aliphatic heterocycles. The van der Waals surface area contributed by atoms with Gasteiger partial charge in [-0.05, 0) is 6.42 Å². The van der Waals surface area contributed by atoms with Crippen LogP contribution in [0.4, 0.5) is 0 Å². The van der Waals surface area contributed by atoms with Gasteiger partial charge in [-0.2, -0.15) is 0 Å². The molecule has 0 radical (unpaired) electrons. The van der Waals surface area contributed by atoms with Crippen molar-refractivity contribution >= 4 is 19.7 Å². The van der Waals surface area contributed by atoms with Crippen LogP contribution in [0.1, 0.15) is 6.42 Å². The first-order valence-corrected chi connectivity index (χ1v) is 7.93. The molecular formula is C10H11ClN4O4S.